The fourth-order valence-electron chi connectivity index (χ4n) is 9.90. The van der Waals surface area contributed by atoms with Crippen LogP contribution in [0.4, 0.5) is 0 Å². The van der Waals surface area contributed by atoms with Crippen molar-refractivity contribution in [2.45, 2.75) is 328 Å². The molecule has 1 amide bonds. The molecule has 0 saturated heterocycles. The third-order valence-electron chi connectivity index (χ3n) is 15.3. The molecule has 0 rings (SSSR count). The highest BCUT2D eigenvalue weighted by molar-refractivity contribution is 7.47. The number of likely N-dealkylation sites (N-methyl/N-ethyl adjacent to an activating group) is 1. The number of hydrogen-bond acceptors (Lipinski definition) is 6. The summed E-state index contributed by atoms with van der Waals surface area (Å²) in [5.41, 5.74) is 0. The first-order valence-corrected chi connectivity index (χ1v) is 36.4. The number of esters is 1. The third kappa shape index (κ3) is 63.5. The molecule has 482 valence electrons. The van der Waals surface area contributed by atoms with Crippen LogP contribution in [0.2, 0.25) is 0 Å². The summed E-state index contributed by atoms with van der Waals surface area (Å²) >= 11 is 0. The number of unbranched alkanes of at least 4 members (excludes halogenated alkanes) is 35. The fraction of sp³-hybridized carbons (Fsp3) is 0.781. The van der Waals surface area contributed by atoms with Crippen LogP contribution >= 0.6 is 7.82 Å². The van der Waals surface area contributed by atoms with E-state index < -0.39 is 20.0 Å². The predicted octanol–water partition coefficient (Wildman–Crippen LogP) is 22.1. The highest BCUT2D eigenvalue weighted by atomic mass is 31.2. The van der Waals surface area contributed by atoms with Crippen LogP contribution in [0.5, 0.6) is 0 Å². The zero-order chi connectivity index (χ0) is 60.7. The summed E-state index contributed by atoms with van der Waals surface area (Å²) in [4.78, 5) is 37.9. The lowest BCUT2D eigenvalue weighted by Gasteiger charge is -2.27. The van der Waals surface area contributed by atoms with Crippen LogP contribution < -0.4 is 5.32 Å². The standard InChI is InChI=1S/C73H133N2O7P/c1-7-10-13-16-19-22-25-28-30-32-34-35-36-37-38-39-41-43-45-48-51-54-57-60-63-66-73(77)82-71(64-61-58-55-52-49-46-27-24-21-18-15-12-9-3)70(69-81-83(78,79)80-68-67-75(4,5)6)74-72(76)65-62-59-56-53-50-47-44-42-40-33-31-29-26-23-20-17-14-11-8-2/h19-20,22-23,28-31,40,42,47,50,61,64,70-71H,7-18,21,24-27,32-39,41,43-46,48-49,51-60,62-63,65-69H2,1-6H3,(H-,74,76,78,79)/p+1/b22-19-,23-20-,30-28-,31-29-,42-40-,50-47-,64-61-. The number of phosphoric ester groups is 1. The van der Waals surface area contributed by atoms with Crippen LogP contribution in [-0.2, 0) is 27.9 Å². The van der Waals surface area contributed by atoms with Crippen molar-refractivity contribution in [1.82, 2.24) is 5.32 Å². The Hall–Kier alpha value is -2.81. The van der Waals surface area contributed by atoms with Gasteiger partial charge in [-0.2, -0.15) is 0 Å². The van der Waals surface area contributed by atoms with Gasteiger partial charge in [-0.1, -0.05) is 280 Å². The Bertz CT molecular complexity index is 1700. The molecule has 0 aromatic heterocycles. The van der Waals surface area contributed by atoms with Gasteiger partial charge < -0.3 is 19.4 Å². The zero-order valence-electron chi connectivity index (χ0n) is 55.2. The van der Waals surface area contributed by atoms with Crippen molar-refractivity contribution in [1.29, 1.82) is 0 Å². The number of hydrogen-bond donors (Lipinski definition) is 2. The molecule has 9 nitrogen and oxygen atoms in total. The number of phosphoric acid groups is 1. The Labute approximate surface area is 514 Å². The van der Waals surface area contributed by atoms with Crippen molar-refractivity contribution in [2.75, 3.05) is 40.9 Å². The van der Waals surface area contributed by atoms with Gasteiger partial charge in [0.1, 0.15) is 19.3 Å². The minimum Gasteiger partial charge on any atom is -0.456 e. The van der Waals surface area contributed by atoms with E-state index in [9.17, 15) is 19.0 Å². The second kappa shape index (κ2) is 62.2. The average Bonchev–Trinajstić information content (AvgIpc) is 3.47. The molecule has 0 spiro atoms. The van der Waals surface area contributed by atoms with Crippen molar-refractivity contribution in [2.24, 2.45) is 0 Å². The van der Waals surface area contributed by atoms with Gasteiger partial charge in [-0.25, -0.2) is 4.57 Å². The molecule has 0 aromatic carbocycles. The summed E-state index contributed by atoms with van der Waals surface area (Å²) in [6.07, 6.45) is 83.1. The van der Waals surface area contributed by atoms with Crippen LogP contribution in [0, 0.1) is 0 Å². The maximum Gasteiger partial charge on any atom is 0.472 e. The van der Waals surface area contributed by atoms with Gasteiger partial charge in [0, 0.05) is 12.8 Å². The quantitative estimate of drug-likeness (QED) is 0.0205. The van der Waals surface area contributed by atoms with Crippen molar-refractivity contribution in [3.63, 3.8) is 0 Å². The van der Waals surface area contributed by atoms with Gasteiger partial charge in [0.25, 0.3) is 0 Å². The van der Waals surface area contributed by atoms with E-state index in [1.807, 2.05) is 33.3 Å². The molecule has 3 atom stereocenters. The van der Waals surface area contributed by atoms with E-state index in [1.165, 1.54) is 193 Å². The largest absolute Gasteiger partial charge is 0.472 e. The lowest BCUT2D eigenvalue weighted by atomic mass is 10.0. The zero-order valence-corrected chi connectivity index (χ0v) is 56.1. The van der Waals surface area contributed by atoms with Gasteiger partial charge in [0.2, 0.25) is 5.91 Å². The molecule has 10 heteroatoms. The predicted molar refractivity (Wildman–Crippen MR) is 360 cm³/mol. The van der Waals surface area contributed by atoms with Crippen LogP contribution in [0.15, 0.2) is 85.1 Å². The number of quaternary nitrogens is 1. The van der Waals surface area contributed by atoms with E-state index in [-0.39, 0.29) is 31.5 Å². The Morgan fingerprint density at radius 1 is 0.422 bits per heavy atom. The molecule has 0 aliphatic heterocycles. The van der Waals surface area contributed by atoms with Gasteiger partial charge in [-0.3, -0.25) is 18.6 Å². The van der Waals surface area contributed by atoms with E-state index in [2.05, 4.69) is 99.0 Å². The molecular weight excluding hydrogens is 1050 g/mol. The van der Waals surface area contributed by atoms with Crippen molar-refractivity contribution in [3.05, 3.63) is 85.1 Å². The maximum absolute atomic E-state index is 13.6. The Balaban J connectivity index is 5.16. The molecular formula is C73H134N2O7P+. The fourth-order valence-corrected chi connectivity index (χ4v) is 10.6. The first kappa shape index (κ1) is 80.2. The first-order valence-electron chi connectivity index (χ1n) is 34.9. The Kier molecular flexibility index (Phi) is 60.1. The number of nitrogens with one attached hydrogen (secondary N) is 1. The van der Waals surface area contributed by atoms with E-state index in [4.69, 9.17) is 13.8 Å². The molecule has 83 heavy (non-hydrogen) atoms. The monoisotopic (exact) mass is 1180 g/mol. The second-order valence-corrected chi connectivity index (χ2v) is 26.1. The summed E-state index contributed by atoms with van der Waals surface area (Å²) in [6.45, 7) is 6.96. The number of ether oxygens (including phenoxy) is 1. The number of rotatable bonds is 63. The summed E-state index contributed by atoms with van der Waals surface area (Å²) in [5, 5.41) is 3.05. The normalized spacial score (nSPS) is 14.1. The summed E-state index contributed by atoms with van der Waals surface area (Å²) in [6, 6.07) is -0.869. The van der Waals surface area contributed by atoms with Gasteiger partial charge >= 0.3 is 13.8 Å². The van der Waals surface area contributed by atoms with Crippen LogP contribution in [0.25, 0.3) is 0 Å². The second-order valence-electron chi connectivity index (χ2n) is 24.7. The molecule has 0 aliphatic rings. The van der Waals surface area contributed by atoms with E-state index in [1.54, 1.807) is 0 Å². The van der Waals surface area contributed by atoms with Crippen molar-refractivity contribution >= 4 is 19.7 Å². The van der Waals surface area contributed by atoms with Gasteiger partial charge in [0.15, 0.2) is 0 Å². The van der Waals surface area contributed by atoms with Crippen molar-refractivity contribution < 1.29 is 37.3 Å². The first-order chi connectivity index (χ1) is 40.4. The molecule has 0 radical (unpaired) electrons. The highest BCUT2D eigenvalue weighted by Crippen LogP contribution is 2.43. The van der Waals surface area contributed by atoms with E-state index >= 15 is 0 Å². The van der Waals surface area contributed by atoms with Gasteiger partial charge in [-0.05, 0) is 109 Å². The number of carbonyl (C=O) groups excluding carboxylic acids is 2. The minimum atomic E-state index is -4.47. The molecule has 0 fully saturated rings. The lowest BCUT2D eigenvalue weighted by Crippen LogP contribution is -2.47. The molecule has 2 N–H and O–H groups in total. The molecule has 0 saturated carbocycles. The minimum absolute atomic E-state index is 0.0316. The number of carbonyl (C=O) groups is 2. The molecule has 0 bridgehead atoms. The molecule has 3 unspecified atom stereocenters. The van der Waals surface area contributed by atoms with Gasteiger partial charge in [0.05, 0.1) is 33.8 Å². The van der Waals surface area contributed by atoms with Crippen molar-refractivity contribution in [3.8, 4) is 0 Å². The van der Waals surface area contributed by atoms with E-state index in [0.29, 0.717) is 23.9 Å². The van der Waals surface area contributed by atoms with Gasteiger partial charge in [-0.15, -0.1) is 0 Å². The SMILES string of the molecule is CCCCC/C=C\C/C=C\C/C=C\C/C=C\CCCCCC(=O)NC(COP(=O)(O)OCC[N+](C)(C)C)C(/C=C\CCCCCCCCCCCCC)OC(=O)CCCCCCCCCCCCCCCCC/C=C\C/C=C\CCCCC. The maximum atomic E-state index is 13.6. The third-order valence-corrected chi connectivity index (χ3v) is 16.3. The lowest BCUT2D eigenvalue weighted by molar-refractivity contribution is -0.870. The van der Waals surface area contributed by atoms with Crippen LogP contribution in [-0.4, -0.2) is 74.3 Å². The average molecular weight is 1180 g/mol. The Morgan fingerprint density at radius 2 is 0.735 bits per heavy atom. The van der Waals surface area contributed by atoms with Crippen LogP contribution in [0.3, 0.4) is 0 Å². The van der Waals surface area contributed by atoms with Crippen LogP contribution in [0.1, 0.15) is 316 Å². The number of allylic oxidation sites excluding steroid dienone is 13. The number of nitrogens with zero attached hydrogens (tertiary/aromatic N) is 1. The van der Waals surface area contributed by atoms with E-state index in [0.717, 1.165) is 83.5 Å². The molecule has 0 heterocycles. The molecule has 0 aromatic rings. The summed E-state index contributed by atoms with van der Waals surface area (Å²) < 4.78 is 30.8. The topological polar surface area (TPSA) is 111 Å². The summed E-state index contributed by atoms with van der Waals surface area (Å²) in [7, 11) is 1.47. The summed E-state index contributed by atoms with van der Waals surface area (Å²) in [5.74, 6) is -0.534. The highest BCUT2D eigenvalue weighted by Gasteiger charge is 2.30. The number of amides is 1. The Morgan fingerprint density at radius 3 is 1.13 bits per heavy atom. The smallest absolute Gasteiger partial charge is 0.456 e. The molecule has 0 aliphatic carbocycles.